The van der Waals surface area contributed by atoms with Crippen LogP contribution in [0.1, 0.15) is 36.5 Å². The summed E-state index contributed by atoms with van der Waals surface area (Å²) < 4.78 is 0. The Morgan fingerprint density at radius 2 is 0.480 bits per heavy atom. The third-order valence-electron chi connectivity index (χ3n) is 22.6. The molecule has 0 saturated carbocycles. The average molecular weight is 2850 g/mol. The number of benzene rings is 19. The molecule has 12 heteroatoms. The zero-order chi connectivity index (χ0) is 100. The molecule has 0 aliphatic carbocycles. The molecule has 19 aromatic carbocycles. The first-order valence-corrected chi connectivity index (χ1v) is 51.6. The van der Waals surface area contributed by atoms with Crippen molar-refractivity contribution in [2.24, 2.45) is 0 Å². The van der Waals surface area contributed by atoms with Crippen LogP contribution >= 0.6 is 0 Å². The molecule has 0 radical (unpaired) electrons. The van der Waals surface area contributed by atoms with Crippen molar-refractivity contribution in [2.75, 3.05) is 0 Å². The van der Waals surface area contributed by atoms with Gasteiger partial charge in [-0.15, -0.1) is 239 Å². The van der Waals surface area contributed by atoms with E-state index < -0.39 is 8.07 Å². The van der Waals surface area contributed by atoms with Gasteiger partial charge in [-0.1, -0.05) is 180 Å². The Bertz CT molecular complexity index is 7180. The van der Waals surface area contributed by atoms with E-state index in [-0.39, 0.29) is 105 Å². The van der Waals surface area contributed by atoms with Gasteiger partial charge in [-0.25, -0.2) is 60.6 Å². The molecule has 0 aliphatic rings. The van der Waals surface area contributed by atoms with Crippen LogP contribution in [0.4, 0.5) is 0 Å². The van der Waals surface area contributed by atoms with Crippen LogP contribution in [-0.2, 0) is 105 Å². The molecule has 0 aliphatic heterocycles. The Morgan fingerprint density at radius 1 is 0.220 bits per heavy atom. The molecule has 5 aromatic heterocycles. The Balaban J connectivity index is 0.000000170. The largest absolute Gasteiger partial charge is 0.296 e. The first-order chi connectivity index (χ1) is 71.2. The van der Waals surface area contributed by atoms with Crippen LogP contribution in [0.5, 0.6) is 0 Å². The van der Waals surface area contributed by atoms with Gasteiger partial charge in [-0.3, -0.25) is 24.9 Å². The predicted octanol–water partition coefficient (Wildman–Crippen LogP) is 33.8. The standard InChI is InChI=1S/C18H18NSi.C17H14N.2C15H10N.C15H14.4C12H8.C10H7N2.5Pt/c1-20(2,3)16-10-12-18-15(13-16)9-11-17(19-18)14-7-5-4-6-8-14;1-12-9-13(2)11-15(10-12)17-8-7-14-5-3-4-6-16(14)18-17;2*1-2-6-12(7-3-1)15-11-10-13-8-4-5-9-14(13)16-15;1-12(2)13-8-10-15(11-9-13)14-6-4-3-5-7-14;4*1-3-7-11(8-4-1)12-9-5-2-6-10-12;1-2-4-9(5-3-1)10-6-7-11-8-12-10;;;;;/h4-7,9-13H,1-3H3;3-10H,1-2H3;2*1-6,8-11H;3-6,8-10,12H,1-2H3;4*1-7,9H;1-4,6-8H;;;;;/q4*-1;5*-2;-1;;;;;. The molecular weight excluding hydrogens is 2750 g/mol. The summed E-state index contributed by atoms with van der Waals surface area (Å²) in [5.41, 5.74) is 28.9. The van der Waals surface area contributed by atoms with Gasteiger partial charge < -0.3 is 0 Å². The first-order valence-electron chi connectivity index (χ1n) is 48.1. The summed E-state index contributed by atoms with van der Waals surface area (Å²) in [4.78, 5) is 26.6. The van der Waals surface area contributed by atoms with Crippen LogP contribution in [0.15, 0.2) is 504 Å². The fourth-order valence-corrected chi connectivity index (χ4v) is 16.3. The molecule has 0 fully saturated rings. The maximum absolute atomic E-state index is 4.75. The van der Waals surface area contributed by atoms with Crippen molar-refractivity contribution in [1.29, 1.82) is 0 Å². The van der Waals surface area contributed by atoms with Crippen LogP contribution in [0.25, 0.3) is 156 Å². The van der Waals surface area contributed by atoms with Crippen LogP contribution < -0.4 is 5.19 Å². The maximum Gasteiger partial charge on any atom is 0.105 e. The molecule has 5 heterocycles. The van der Waals surface area contributed by atoms with Crippen molar-refractivity contribution in [3.05, 3.63) is 612 Å². The van der Waals surface area contributed by atoms with Gasteiger partial charge in [0.25, 0.3) is 0 Å². The third-order valence-corrected chi connectivity index (χ3v) is 24.7. The molecule has 0 saturated heterocycles. The van der Waals surface area contributed by atoms with E-state index in [1.54, 1.807) is 6.20 Å². The summed E-state index contributed by atoms with van der Waals surface area (Å²) >= 11 is 0. The van der Waals surface area contributed by atoms with Crippen molar-refractivity contribution in [3.8, 4) is 112 Å². The molecule has 24 aromatic rings. The Labute approximate surface area is 959 Å². The number of nitrogens with zero attached hydrogens (tertiary/aromatic N) is 6. The molecule has 0 atom stereocenters. The molecule has 756 valence electrons. The minimum atomic E-state index is -1.26. The van der Waals surface area contributed by atoms with Gasteiger partial charge in [-0.05, 0) is 74.3 Å². The Hall–Kier alpha value is -14.4. The second-order valence-electron chi connectivity index (χ2n) is 34.7. The van der Waals surface area contributed by atoms with E-state index >= 15 is 0 Å². The number of hydrogen-bond acceptors (Lipinski definition) is 6. The molecular formula is C138H105N6Pt5Si-15. The number of fused-ring (bicyclic) bond motifs is 4. The van der Waals surface area contributed by atoms with Crippen molar-refractivity contribution in [1.82, 2.24) is 29.9 Å². The van der Waals surface area contributed by atoms with E-state index in [2.05, 4.69) is 267 Å². The topological polar surface area (TPSA) is 77.3 Å². The van der Waals surface area contributed by atoms with E-state index in [0.717, 1.165) is 140 Å². The van der Waals surface area contributed by atoms with Gasteiger partial charge in [0.05, 0.1) is 30.1 Å². The van der Waals surface area contributed by atoms with E-state index in [1.165, 1.54) is 44.2 Å². The minimum Gasteiger partial charge on any atom is -0.296 e. The van der Waals surface area contributed by atoms with Crippen LogP contribution in [0.3, 0.4) is 0 Å². The van der Waals surface area contributed by atoms with Gasteiger partial charge in [0.15, 0.2) is 0 Å². The predicted molar refractivity (Wildman–Crippen MR) is 605 cm³/mol. The summed E-state index contributed by atoms with van der Waals surface area (Å²) in [6.07, 6.45) is 3.26. The zero-order valence-corrected chi connectivity index (χ0v) is 96.1. The summed E-state index contributed by atoms with van der Waals surface area (Å²) in [7, 11) is -1.26. The fourth-order valence-electron chi connectivity index (χ4n) is 15.1. The second kappa shape index (κ2) is 63.4. The monoisotopic (exact) mass is 2850 g/mol. The molecule has 24 rings (SSSR count). The summed E-state index contributed by atoms with van der Waals surface area (Å²) in [5.74, 6) is 0.565. The van der Waals surface area contributed by atoms with Crippen LogP contribution in [0, 0.1) is 105 Å². The maximum atomic E-state index is 4.75. The van der Waals surface area contributed by atoms with E-state index in [9.17, 15) is 0 Å². The Kier molecular flexibility index (Phi) is 49.7. The summed E-state index contributed by atoms with van der Waals surface area (Å²) in [6, 6.07) is 211. The molecule has 0 spiro atoms. The zero-order valence-electron chi connectivity index (χ0n) is 83.8. The van der Waals surface area contributed by atoms with Crippen molar-refractivity contribution in [3.63, 3.8) is 0 Å². The van der Waals surface area contributed by atoms with Gasteiger partial charge >= 0.3 is 0 Å². The van der Waals surface area contributed by atoms with Gasteiger partial charge in [0, 0.05) is 112 Å². The summed E-state index contributed by atoms with van der Waals surface area (Å²) in [5, 5.41) is 6.21. The molecule has 0 bridgehead atoms. The molecule has 6 nitrogen and oxygen atoms in total. The number of para-hydroxylation sites is 3. The van der Waals surface area contributed by atoms with E-state index in [4.69, 9.17) is 9.97 Å². The third kappa shape index (κ3) is 37.1. The first kappa shape index (κ1) is 117. The number of hydrogen-bond donors (Lipinski definition) is 0. The minimum absolute atomic E-state index is 0. The van der Waals surface area contributed by atoms with Gasteiger partial charge in [-0.2, -0.15) is 243 Å². The smallest absolute Gasteiger partial charge is 0.105 e. The number of aromatic nitrogens is 6. The number of pyridine rings is 4. The van der Waals surface area contributed by atoms with Crippen molar-refractivity contribution < 1.29 is 105 Å². The van der Waals surface area contributed by atoms with Crippen LogP contribution in [-0.4, -0.2) is 38.0 Å². The quantitative estimate of drug-likeness (QED) is 0.0896. The molecule has 0 unspecified atom stereocenters. The Morgan fingerprint density at radius 3 is 0.733 bits per heavy atom. The normalized spacial score (nSPS) is 10.0. The van der Waals surface area contributed by atoms with Crippen molar-refractivity contribution in [2.45, 2.75) is 53.3 Å². The van der Waals surface area contributed by atoms with Crippen molar-refractivity contribution >= 4 is 56.9 Å². The van der Waals surface area contributed by atoms with Crippen LogP contribution in [0.2, 0.25) is 19.6 Å². The summed E-state index contributed by atoms with van der Waals surface area (Å²) in [6.45, 7) is 15.7. The molecule has 0 N–H and O–H groups in total. The molecule has 0 amide bonds. The average Bonchev–Trinajstić information content (AvgIpc) is 0.827. The second-order valence-corrected chi connectivity index (χ2v) is 39.7. The van der Waals surface area contributed by atoms with Gasteiger partial charge in [0.2, 0.25) is 0 Å². The molecule has 150 heavy (non-hydrogen) atoms. The number of aryl methyl sites for hydroxylation is 2. The fraction of sp³-hybridized carbons (Fsp3) is 0.0580. The SMILES string of the molecule is CC(C)c1c[c-]c(-c2[c-]cccc2)cc1.C[Si](C)(C)c1ccc2nc(-c3[c-]cccc3)ccc2c1.Cc1[c-]c(-c2ccc3ccccc3n2)cc(C)c1.[Pt].[Pt].[Pt].[Pt].[Pt].[c-]1ccccc1-c1[c-]cccc1.[c-]1ccccc1-c1[c-]cccc1.[c-]1ccccc1-c1[c-]cccc1.[c-]1ccccc1-c1[c-]cccc1.[c-]1ccccc1-c1ccc2ccccc2n1.[c-]1ccccc1-c1ccc2ccccc2n1.[c-]1ccccc1-c1ccncn1. The van der Waals surface area contributed by atoms with Gasteiger partial charge in [0.1, 0.15) is 6.33 Å². The van der Waals surface area contributed by atoms with E-state index in [1.807, 2.05) is 382 Å². The van der Waals surface area contributed by atoms with E-state index in [0.29, 0.717) is 5.92 Å². The number of rotatable bonds is 12.